The topological polar surface area (TPSA) is 49.9 Å². The molecule has 0 saturated carbocycles. The van der Waals surface area contributed by atoms with Gasteiger partial charge in [-0.2, -0.15) is 13.2 Å². The maximum atomic E-state index is 12.9. The lowest BCUT2D eigenvalue weighted by Gasteiger charge is -2.13. The second-order valence-electron chi connectivity index (χ2n) is 3.81. The SMILES string of the molecule is O=Cc1[nH]c(=O)ccc1-c1ccccc1C(F)(F)F. The van der Waals surface area contributed by atoms with Gasteiger partial charge in [-0.1, -0.05) is 18.2 Å². The number of aromatic nitrogens is 1. The van der Waals surface area contributed by atoms with E-state index in [1.165, 1.54) is 24.3 Å². The van der Waals surface area contributed by atoms with E-state index in [-0.39, 0.29) is 16.8 Å². The summed E-state index contributed by atoms with van der Waals surface area (Å²) in [6, 6.07) is 7.16. The van der Waals surface area contributed by atoms with Crippen LogP contribution in [-0.4, -0.2) is 11.3 Å². The Hall–Kier alpha value is -2.37. The van der Waals surface area contributed by atoms with Crippen LogP contribution in [0.3, 0.4) is 0 Å². The average molecular weight is 267 g/mol. The molecule has 1 N–H and O–H groups in total. The van der Waals surface area contributed by atoms with E-state index in [1.807, 2.05) is 0 Å². The van der Waals surface area contributed by atoms with Crippen molar-refractivity contribution in [3.8, 4) is 11.1 Å². The predicted molar refractivity (Wildman–Crippen MR) is 62.9 cm³/mol. The van der Waals surface area contributed by atoms with E-state index >= 15 is 0 Å². The number of aromatic amines is 1. The Balaban J connectivity index is 2.73. The van der Waals surface area contributed by atoms with Gasteiger partial charge in [-0.3, -0.25) is 9.59 Å². The van der Waals surface area contributed by atoms with Crippen molar-refractivity contribution in [2.45, 2.75) is 6.18 Å². The van der Waals surface area contributed by atoms with Crippen LogP contribution in [0.25, 0.3) is 11.1 Å². The minimum atomic E-state index is -4.53. The molecule has 1 heterocycles. The lowest BCUT2D eigenvalue weighted by atomic mass is 9.98. The monoisotopic (exact) mass is 267 g/mol. The third-order valence-electron chi connectivity index (χ3n) is 2.59. The van der Waals surface area contributed by atoms with Crippen LogP contribution in [0.2, 0.25) is 0 Å². The predicted octanol–water partition coefficient (Wildman–Crippen LogP) is 2.87. The highest BCUT2D eigenvalue weighted by molar-refractivity contribution is 5.86. The Labute approximate surface area is 105 Å². The van der Waals surface area contributed by atoms with Crippen LogP contribution in [0.1, 0.15) is 16.1 Å². The first kappa shape index (κ1) is 13.1. The third-order valence-corrected chi connectivity index (χ3v) is 2.59. The summed E-state index contributed by atoms with van der Waals surface area (Å²) in [4.78, 5) is 24.2. The number of benzene rings is 1. The van der Waals surface area contributed by atoms with Gasteiger partial charge >= 0.3 is 6.18 Å². The number of pyridine rings is 1. The van der Waals surface area contributed by atoms with Gasteiger partial charge in [-0.25, -0.2) is 0 Å². The van der Waals surface area contributed by atoms with E-state index in [9.17, 15) is 22.8 Å². The zero-order valence-electron chi connectivity index (χ0n) is 9.49. The fourth-order valence-corrected chi connectivity index (χ4v) is 1.78. The van der Waals surface area contributed by atoms with Crippen molar-refractivity contribution in [2.75, 3.05) is 0 Å². The summed E-state index contributed by atoms with van der Waals surface area (Å²) in [5, 5.41) is 0. The van der Waals surface area contributed by atoms with Gasteiger partial charge in [0.15, 0.2) is 6.29 Å². The van der Waals surface area contributed by atoms with Crippen LogP contribution in [0.15, 0.2) is 41.2 Å². The first-order valence-electron chi connectivity index (χ1n) is 5.28. The molecule has 0 fully saturated rings. The van der Waals surface area contributed by atoms with Crippen molar-refractivity contribution >= 4 is 6.29 Å². The number of alkyl halides is 3. The van der Waals surface area contributed by atoms with E-state index < -0.39 is 17.3 Å². The molecule has 1 aromatic heterocycles. The Morgan fingerprint density at radius 2 is 1.68 bits per heavy atom. The fraction of sp³-hybridized carbons (Fsp3) is 0.0769. The molecule has 0 aliphatic heterocycles. The second-order valence-corrected chi connectivity index (χ2v) is 3.81. The van der Waals surface area contributed by atoms with Crippen molar-refractivity contribution in [3.63, 3.8) is 0 Å². The number of rotatable bonds is 2. The van der Waals surface area contributed by atoms with Gasteiger partial charge in [-0.05, 0) is 17.7 Å². The number of carbonyl (C=O) groups is 1. The normalized spacial score (nSPS) is 11.3. The molecular weight excluding hydrogens is 259 g/mol. The summed E-state index contributed by atoms with van der Waals surface area (Å²) in [5.41, 5.74) is -1.68. The molecule has 0 aliphatic carbocycles. The molecule has 19 heavy (non-hydrogen) atoms. The summed E-state index contributed by atoms with van der Waals surface area (Å²) in [6.07, 6.45) is -4.21. The summed E-state index contributed by atoms with van der Waals surface area (Å²) in [5.74, 6) is 0. The lowest BCUT2D eigenvalue weighted by molar-refractivity contribution is -0.137. The van der Waals surface area contributed by atoms with Gasteiger partial charge in [0.05, 0.1) is 11.3 Å². The van der Waals surface area contributed by atoms with Crippen LogP contribution < -0.4 is 5.56 Å². The third kappa shape index (κ3) is 2.57. The molecule has 2 aromatic rings. The summed E-state index contributed by atoms with van der Waals surface area (Å²) in [6.45, 7) is 0. The quantitative estimate of drug-likeness (QED) is 0.850. The van der Waals surface area contributed by atoms with Crippen molar-refractivity contribution in [3.05, 3.63) is 58.0 Å². The highest BCUT2D eigenvalue weighted by Gasteiger charge is 2.33. The molecule has 0 amide bonds. The Kier molecular flexibility index (Phi) is 3.25. The maximum Gasteiger partial charge on any atom is 0.417 e. The van der Waals surface area contributed by atoms with Crippen LogP contribution >= 0.6 is 0 Å². The van der Waals surface area contributed by atoms with Crippen molar-refractivity contribution in [1.82, 2.24) is 4.98 Å². The smallest absolute Gasteiger partial charge is 0.319 e. The molecule has 0 radical (unpaired) electrons. The second kappa shape index (κ2) is 4.72. The van der Waals surface area contributed by atoms with Crippen molar-refractivity contribution in [1.29, 1.82) is 0 Å². The molecule has 0 unspecified atom stereocenters. The minimum Gasteiger partial charge on any atom is -0.319 e. The van der Waals surface area contributed by atoms with Crippen molar-refractivity contribution in [2.24, 2.45) is 0 Å². The Bertz CT molecular complexity index is 674. The molecule has 98 valence electrons. The number of H-pyrrole nitrogens is 1. The number of aldehydes is 1. The highest BCUT2D eigenvalue weighted by Crippen LogP contribution is 2.37. The van der Waals surface area contributed by atoms with E-state index in [0.717, 1.165) is 12.1 Å². The molecule has 2 rings (SSSR count). The molecule has 0 spiro atoms. The standard InChI is InChI=1S/C13H8F3NO2/c14-13(15,16)10-4-2-1-3-8(10)9-5-6-12(19)17-11(9)7-18/h1-7H,(H,17,19). The molecule has 1 aromatic carbocycles. The fourth-order valence-electron chi connectivity index (χ4n) is 1.78. The van der Waals surface area contributed by atoms with Gasteiger partial charge in [-0.15, -0.1) is 0 Å². The molecule has 0 aliphatic rings. The first-order valence-corrected chi connectivity index (χ1v) is 5.28. The average Bonchev–Trinajstić information content (AvgIpc) is 2.37. The van der Waals surface area contributed by atoms with Gasteiger partial charge < -0.3 is 4.98 Å². The van der Waals surface area contributed by atoms with E-state index in [4.69, 9.17) is 0 Å². The number of hydrogen-bond acceptors (Lipinski definition) is 2. The highest BCUT2D eigenvalue weighted by atomic mass is 19.4. The first-order chi connectivity index (χ1) is 8.93. The molecule has 0 bridgehead atoms. The molecule has 3 nitrogen and oxygen atoms in total. The number of carbonyl (C=O) groups excluding carboxylic acids is 1. The summed E-state index contributed by atoms with van der Waals surface area (Å²) < 4.78 is 38.7. The largest absolute Gasteiger partial charge is 0.417 e. The van der Waals surface area contributed by atoms with Crippen LogP contribution in [0.4, 0.5) is 13.2 Å². The zero-order chi connectivity index (χ0) is 14.0. The molecular formula is C13H8F3NO2. The molecule has 6 heteroatoms. The number of nitrogens with one attached hydrogen (secondary N) is 1. The van der Waals surface area contributed by atoms with Gasteiger partial charge in [0.1, 0.15) is 0 Å². The van der Waals surface area contributed by atoms with Crippen LogP contribution in [-0.2, 0) is 6.18 Å². The van der Waals surface area contributed by atoms with Crippen molar-refractivity contribution < 1.29 is 18.0 Å². The maximum absolute atomic E-state index is 12.9. The lowest BCUT2D eigenvalue weighted by Crippen LogP contribution is -2.11. The van der Waals surface area contributed by atoms with Gasteiger partial charge in [0.25, 0.3) is 0 Å². The van der Waals surface area contributed by atoms with Gasteiger partial charge in [0.2, 0.25) is 5.56 Å². The van der Waals surface area contributed by atoms with Crippen LogP contribution in [0, 0.1) is 0 Å². The molecule has 0 saturated heterocycles. The van der Waals surface area contributed by atoms with Gasteiger partial charge in [0, 0.05) is 11.6 Å². The van der Waals surface area contributed by atoms with Crippen LogP contribution in [0.5, 0.6) is 0 Å². The van der Waals surface area contributed by atoms with E-state index in [2.05, 4.69) is 4.98 Å². The van der Waals surface area contributed by atoms with E-state index in [0.29, 0.717) is 6.29 Å². The minimum absolute atomic E-state index is 0.0440. The summed E-state index contributed by atoms with van der Waals surface area (Å²) in [7, 11) is 0. The number of halogens is 3. The van der Waals surface area contributed by atoms with E-state index in [1.54, 1.807) is 0 Å². The number of hydrogen-bond donors (Lipinski definition) is 1. The molecule has 0 atom stereocenters. The summed E-state index contributed by atoms with van der Waals surface area (Å²) >= 11 is 0. The Morgan fingerprint density at radius 3 is 2.32 bits per heavy atom. The zero-order valence-corrected chi connectivity index (χ0v) is 9.49. The Morgan fingerprint density at radius 1 is 1.00 bits per heavy atom.